The zero-order valence-corrected chi connectivity index (χ0v) is 7.36. The van der Waals surface area contributed by atoms with Gasteiger partial charge >= 0.3 is 0 Å². The van der Waals surface area contributed by atoms with Gasteiger partial charge in [0.05, 0.1) is 23.3 Å². The molecule has 1 aromatic heterocycles. The van der Waals surface area contributed by atoms with Gasteiger partial charge in [0.25, 0.3) is 0 Å². The molecule has 0 fully saturated rings. The molecule has 2 rings (SSSR count). The van der Waals surface area contributed by atoms with Gasteiger partial charge in [-0.15, -0.1) is 0 Å². The highest BCUT2D eigenvalue weighted by atomic mass is 15.3. The summed E-state index contributed by atoms with van der Waals surface area (Å²) in [5, 5.41) is 13.9. The van der Waals surface area contributed by atoms with Crippen molar-refractivity contribution in [1.29, 1.82) is 5.26 Å². The first kappa shape index (κ1) is 7.81. The molecule has 0 spiro atoms. The van der Waals surface area contributed by atoms with Crippen molar-refractivity contribution in [3.05, 3.63) is 30.0 Å². The van der Waals surface area contributed by atoms with E-state index >= 15 is 0 Å². The largest absolute Gasteiger partial charge is 0.265 e. The molecule has 0 aliphatic carbocycles. The summed E-state index contributed by atoms with van der Waals surface area (Å²) >= 11 is 0. The molecule has 0 aliphatic rings. The third kappa shape index (κ3) is 1.17. The highest BCUT2D eigenvalue weighted by molar-refractivity contribution is 5.80. The number of benzene rings is 1. The number of rotatable bonds is 1. The van der Waals surface area contributed by atoms with E-state index < -0.39 is 0 Å². The predicted octanol–water partition coefficient (Wildman–Crippen LogP) is 1.93. The lowest BCUT2D eigenvalue weighted by molar-refractivity contribution is 0.684. The van der Waals surface area contributed by atoms with Crippen LogP contribution < -0.4 is 0 Å². The number of nitrogens with zero attached hydrogens (tertiary/aromatic N) is 3. The molecule has 1 aromatic carbocycles. The Labute approximate surface area is 76.2 Å². The fourth-order valence-corrected chi connectivity index (χ4v) is 1.41. The molecular formula is C10H9N3. The van der Waals surface area contributed by atoms with Crippen molar-refractivity contribution in [3.8, 4) is 6.07 Å². The van der Waals surface area contributed by atoms with Crippen LogP contribution in [-0.4, -0.2) is 9.78 Å². The van der Waals surface area contributed by atoms with E-state index in [-0.39, 0.29) is 0 Å². The van der Waals surface area contributed by atoms with Crippen molar-refractivity contribution < 1.29 is 0 Å². The number of hydrogen-bond donors (Lipinski definition) is 0. The summed E-state index contributed by atoms with van der Waals surface area (Å²) in [7, 11) is 0. The van der Waals surface area contributed by atoms with Crippen molar-refractivity contribution in [1.82, 2.24) is 9.78 Å². The molecule has 0 N–H and O–H groups in total. The highest BCUT2D eigenvalue weighted by Gasteiger charge is 2.00. The first-order valence-corrected chi connectivity index (χ1v) is 4.21. The van der Waals surface area contributed by atoms with Crippen LogP contribution >= 0.6 is 0 Å². The lowest BCUT2D eigenvalue weighted by atomic mass is 10.2. The van der Waals surface area contributed by atoms with Crippen molar-refractivity contribution in [2.24, 2.45) is 0 Å². The molecule has 0 atom stereocenters. The van der Waals surface area contributed by atoms with Crippen LogP contribution in [0.25, 0.3) is 10.9 Å². The van der Waals surface area contributed by atoms with Crippen LogP contribution in [0.1, 0.15) is 12.5 Å². The Morgan fingerprint density at radius 2 is 2.38 bits per heavy atom. The van der Waals surface area contributed by atoms with Crippen LogP contribution in [0.5, 0.6) is 0 Å². The summed E-state index contributed by atoms with van der Waals surface area (Å²) in [5.74, 6) is 0. The van der Waals surface area contributed by atoms with Gasteiger partial charge < -0.3 is 0 Å². The Balaban J connectivity index is 2.70. The quantitative estimate of drug-likeness (QED) is 0.657. The molecule has 0 radical (unpaired) electrons. The zero-order chi connectivity index (χ0) is 9.26. The van der Waals surface area contributed by atoms with Crippen LogP contribution in [-0.2, 0) is 6.54 Å². The molecule has 0 aliphatic heterocycles. The smallest absolute Gasteiger partial charge is 0.0991 e. The Morgan fingerprint density at radius 1 is 1.54 bits per heavy atom. The molecule has 0 unspecified atom stereocenters. The third-order valence-electron chi connectivity index (χ3n) is 2.07. The standard InChI is InChI=1S/C10H9N3/c1-2-13-10-4-3-8(6-11)5-9(10)7-12-13/h3-5,7H,2H2,1H3. The second-order valence-electron chi connectivity index (χ2n) is 2.85. The summed E-state index contributed by atoms with van der Waals surface area (Å²) in [4.78, 5) is 0. The lowest BCUT2D eigenvalue weighted by Crippen LogP contribution is -1.94. The van der Waals surface area contributed by atoms with Crippen LogP contribution in [0.2, 0.25) is 0 Å². The van der Waals surface area contributed by atoms with Gasteiger partial charge in [-0.1, -0.05) is 0 Å². The fraction of sp³-hybridized carbons (Fsp3) is 0.200. The van der Waals surface area contributed by atoms with E-state index in [4.69, 9.17) is 5.26 Å². The summed E-state index contributed by atoms with van der Waals surface area (Å²) in [6, 6.07) is 7.72. The minimum absolute atomic E-state index is 0.683. The first-order valence-electron chi connectivity index (χ1n) is 4.21. The van der Waals surface area contributed by atoms with Gasteiger partial charge in [-0.05, 0) is 25.1 Å². The molecule has 0 amide bonds. The van der Waals surface area contributed by atoms with Crippen LogP contribution in [0.15, 0.2) is 24.4 Å². The molecule has 3 nitrogen and oxygen atoms in total. The molecule has 0 bridgehead atoms. The third-order valence-corrected chi connectivity index (χ3v) is 2.07. The van der Waals surface area contributed by atoms with Crippen LogP contribution in [0.4, 0.5) is 0 Å². The van der Waals surface area contributed by atoms with Gasteiger partial charge in [0.2, 0.25) is 0 Å². The second kappa shape index (κ2) is 2.91. The molecule has 64 valence electrons. The van der Waals surface area contributed by atoms with E-state index in [1.54, 1.807) is 6.20 Å². The van der Waals surface area contributed by atoms with Crippen molar-refractivity contribution in [2.45, 2.75) is 13.5 Å². The van der Waals surface area contributed by atoms with E-state index in [0.29, 0.717) is 5.56 Å². The van der Waals surface area contributed by atoms with E-state index in [0.717, 1.165) is 17.4 Å². The normalized spacial score (nSPS) is 10.2. The summed E-state index contributed by atoms with van der Waals surface area (Å²) in [6.07, 6.45) is 1.79. The van der Waals surface area contributed by atoms with Gasteiger partial charge in [-0.25, -0.2) is 0 Å². The molecule has 0 saturated heterocycles. The van der Waals surface area contributed by atoms with Crippen molar-refractivity contribution in [2.75, 3.05) is 0 Å². The topological polar surface area (TPSA) is 41.6 Å². The highest BCUT2D eigenvalue weighted by Crippen LogP contribution is 2.14. The number of fused-ring (bicyclic) bond motifs is 1. The predicted molar refractivity (Wildman–Crippen MR) is 50.1 cm³/mol. The maximum absolute atomic E-state index is 8.68. The fourth-order valence-electron chi connectivity index (χ4n) is 1.41. The molecule has 2 aromatic rings. The summed E-state index contributed by atoms with van der Waals surface area (Å²) < 4.78 is 1.91. The van der Waals surface area contributed by atoms with Crippen LogP contribution in [0, 0.1) is 11.3 Å². The maximum Gasteiger partial charge on any atom is 0.0991 e. The number of nitriles is 1. The van der Waals surface area contributed by atoms with E-state index in [1.165, 1.54) is 0 Å². The molecule has 13 heavy (non-hydrogen) atoms. The number of hydrogen-bond acceptors (Lipinski definition) is 2. The number of aromatic nitrogens is 2. The summed E-state index contributed by atoms with van der Waals surface area (Å²) in [5.41, 5.74) is 1.77. The Morgan fingerprint density at radius 3 is 3.08 bits per heavy atom. The van der Waals surface area contributed by atoms with Crippen molar-refractivity contribution >= 4 is 10.9 Å². The van der Waals surface area contributed by atoms with Gasteiger partial charge in [0.15, 0.2) is 0 Å². The van der Waals surface area contributed by atoms with E-state index in [2.05, 4.69) is 11.2 Å². The summed E-state index contributed by atoms with van der Waals surface area (Å²) in [6.45, 7) is 2.90. The molecule has 1 heterocycles. The van der Waals surface area contributed by atoms with Crippen molar-refractivity contribution in [3.63, 3.8) is 0 Å². The monoisotopic (exact) mass is 171 g/mol. The molecule has 0 saturated carbocycles. The minimum Gasteiger partial charge on any atom is -0.265 e. The Bertz CT molecular complexity index is 476. The zero-order valence-electron chi connectivity index (χ0n) is 7.36. The molecule has 3 heteroatoms. The van der Waals surface area contributed by atoms with Crippen LogP contribution in [0.3, 0.4) is 0 Å². The Kier molecular flexibility index (Phi) is 1.75. The second-order valence-corrected chi connectivity index (χ2v) is 2.85. The maximum atomic E-state index is 8.68. The lowest BCUT2D eigenvalue weighted by Gasteiger charge is -1.97. The molecular weight excluding hydrogens is 162 g/mol. The van der Waals surface area contributed by atoms with Gasteiger partial charge in [0.1, 0.15) is 0 Å². The van der Waals surface area contributed by atoms with Gasteiger partial charge in [-0.2, -0.15) is 10.4 Å². The minimum atomic E-state index is 0.683. The van der Waals surface area contributed by atoms with Gasteiger partial charge in [0, 0.05) is 11.9 Å². The number of aryl methyl sites for hydroxylation is 1. The van der Waals surface area contributed by atoms with E-state index in [9.17, 15) is 0 Å². The average molecular weight is 171 g/mol. The van der Waals surface area contributed by atoms with Gasteiger partial charge in [-0.3, -0.25) is 4.68 Å². The SMILES string of the molecule is CCn1ncc2cc(C#N)ccc21. The Hall–Kier alpha value is -1.82. The van der Waals surface area contributed by atoms with E-state index in [1.807, 2.05) is 29.8 Å². The average Bonchev–Trinajstić information content (AvgIpc) is 2.59. The first-order chi connectivity index (χ1) is 6.35.